The minimum Gasteiger partial charge on any atom is -0.174 e. The molecular formula is C19H26F3S+. The summed E-state index contributed by atoms with van der Waals surface area (Å²) < 4.78 is 29.0. The summed E-state index contributed by atoms with van der Waals surface area (Å²) in [5, 5.41) is 2.87. The van der Waals surface area contributed by atoms with Crippen molar-refractivity contribution in [3.8, 4) is 0 Å². The van der Waals surface area contributed by atoms with E-state index in [0.717, 1.165) is 0 Å². The van der Waals surface area contributed by atoms with E-state index < -0.39 is 6.68 Å². The van der Waals surface area contributed by atoms with E-state index in [4.69, 9.17) is 0 Å². The molecular weight excluding hydrogens is 317 g/mol. The lowest BCUT2D eigenvalue weighted by atomic mass is 10.1. The van der Waals surface area contributed by atoms with E-state index in [2.05, 4.69) is 56.3 Å². The fourth-order valence-electron chi connectivity index (χ4n) is 2.41. The highest BCUT2D eigenvalue weighted by molar-refractivity contribution is 7.97. The quantitative estimate of drug-likeness (QED) is 0.497. The van der Waals surface area contributed by atoms with Crippen LogP contribution in [0.4, 0.5) is 13.2 Å². The SMILES string of the molecule is CCCC[S+](CCCC)c1cccc2ccccc12.FC(F)F. The van der Waals surface area contributed by atoms with Crippen molar-refractivity contribution in [1.82, 2.24) is 0 Å². The van der Waals surface area contributed by atoms with Gasteiger partial charge in [-0.1, -0.05) is 57.0 Å². The van der Waals surface area contributed by atoms with E-state index in [1.54, 1.807) is 4.90 Å². The van der Waals surface area contributed by atoms with Crippen LogP contribution < -0.4 is 0 Å². The summed E-state index contributed by atoms with van der Waals surface area (Å²) in [4.78, 5) is 1.60. The summed E-state index contributed by atoms with van der Waals surface area (Å²) in [7, 11) is 0.438. The van der Waals surface area contributed by atoms with E-state index in [9.17, 15) is 13.2 Å². The van der Waals surface area contributed by atoms with Gasteiger partial charge in [0.05, 0.1) is 0 Å². The molecule has 0 heterocycles. The summed E-state index contributed by atoms with van der Waals surface area (Å²) in [6, 6.07) is 15.7. The van der Waals surface area contributed by atoms with Crippen molar-refractivity contribution in [3.63, 3.8) is 0 Å². The van der Waals surface area contributed by atoms with Crippen LogP contribution in [0.2, 0.25) is 0 Å². The second-order valence-corrected chi connectivity index (χ2v) is 7.57. The van der Waals surface area contributed by atoms with Crippen molar-refractivity contribution in [2.75, 3.05) is 11.5 Å². The second kappa shape index (κ2) is 11.4. The van der Waals surface area contributed by atoms with Gasteiger partial charge >= 0.3 is 6.68 Å². The molecule has 0 saturated carbocycles. The van der Waals surface area contributed by atoms with E-state index in [0.29, 0.717) is 10.9 Å². The number of halogens is 3. The van der Waals surface area contributed by atoms with Gasteiger partial charge in [-0.15, -0.1) is 0 Å². The average Bonchev–Trinajstić information content (AvgIpc) is 2.54. The zero-order valence-corrected chi connectivity index (χ0v) is 14.7. The van der Waals surface area contributed by atoms with Gasteiger partial charge in [0.1, 0.15) is 11.5 Å². The van der Waals surface area contributed by atoms with E-state index in [-0.39, 0.29) is 0 Å². The first-order chi connectivity index (χ1) is 11.1. The summed E-state index contributed by atoms with van der Waals surface area (Å²) in [6.07, 6.45) is 5.33. The largest absolute Gasteiger partial charge is 0.379 e. The zero-order chi connectivity index (χ0) is 17.1. The molecule has 4 heteroatoms. The predicted molar refractivity (Wildman–Crippen MR) is 96.2 cm³/mol. The minimum absolute atomic E-state index is 0.438. The summed E-state index contributed by atoms with van der Waals surface area (Å²) >= 11 is 0. The van der Waals surface area contributed by atoms with Crippen molar-refractivity contribution in [2.24, 2.45) is 0 Å². The molecule has 0 nitrogen and oxygen atoms in total. The zero-order valence-electron chi connectivity index (χ0n) is 13.9. The third-order valence-corrected chi connectivity index (χ3v) is 6.09. The number of rotatable bonds is 7. The van der Waals surface area contributed by atoms with Crippen molar-refractivity contribution in [2.45, 2.75) is 51.1 Å². The van der Waals surface area contributed by atoms with Crippen LogP contribution in [0.3, 0.4) is 0 Å². The first-order valence-corrected chi connectivity index (χ1v) is 9.73. The molecule has 0 saturated heterocycles. The predicted octanol–water partition coefficient (Wildman–Crippen LogP) is 6.60. The number of fused-ring (bicyclic) bond motifs is 1. The van der Waals surface area contributed by atoms with Gasteiger partial charge in [-0.2, -0.15) is 13.2 Å². The molecule has 0 fully saturated rings. The minimum atomic E-state index is -3.67. The molecule has 0 aliphatic rings. The van der Waals surface area contributed by atoms with Gasteiger partial charge in [0.25, 0.3) is 0 Å². The van der Waals surface area contributed by atoms with E-state index in [1.807, 2.05) is 0 Å². The average molecular weight is 343 g/mol. The molecule has 0 atom stereocenters. The van der Waals surface area contributed by atoms with Crippen molar-refractivity contribution in [3.05, 3.63) is 42.5 Å². The maximum Gasteiger partial charge on any atom is 0.379 e. The van der Waals surface area contributed by atoms with Crippen LogP contribution in [0.5, 0.6) is 0 Å². The van der Waals surface area contributed by atoms with Crippen molar-refractivity contribution < 1.29 is 13.2 Å². The Morgan fingerprint density at radius 1 is 0.826 bits per heavy atom. The molecule has 128 valence electrons. The highest BCUT2D eigenvalue weighted by Crippen LogP contribution is 2.26. The van der Waals surface area contributed by atoms with Gasteiger partial charge in [0.2, 0.25) is 0 Å². The number of unbranched alkanes of at least 4 members (excludes halogenated alkanes) is 2. The Balaban J connectivity index is 0.000000593. The van der Waals surface area contributed by atoms with Crippen molar-refractivity contribution in [1.29, 1.82) is 0 Å². The number of hydrogen-bond donors (Lipinski definition) is 0. The fraction of sp³-hybridized carbons (Fsp3) is 0.474. The van der Waals surface area contributed by atoms with Gasteiger partial charge in [-0.3, -0.25) is 0 Å². The number of hydrogen-bond acceptors (Lipinski definition) is 0. The Labute approximate surface area is 140 Å². The standard InChI is InChI=1S/C18H25S.CHF3/c1-3-5-14-19(15-6-4-2)18-13-9-11-16-10-7-8-12-17(16)18;2-1(3)4/h7-13H,3-6,14-15H2,1-2H3;1H/q+1;. The van der Waals surface area contributed by atoms with Crippen molar-refractivity contribution >= 4 is 21.7 Å². The van der Waals surface area contributed by atoms with Crippen LogP contribution in [-0.2, 0) is 10.9 Å². The Morgan fingerprint density at radius 3 is 1.91 bits per heavy atom. The molecule has 0 radical (unpaired) electrons. The molecule has 2 aromatic rings. The molecule has 2 aromatic carbocycles. The number of benzene rings is 2. The normalized spacial score (nSPS) is 10.9. The third-order valence-electron chi connectivity index (χ3n) is 3.55. The van der Waals surface area contributed by atoms with Crippen LogP contribution in [-0.4, -0.2) is 18.2 Å². The van der Waals surface area contributed by atoms with Crippen LogP contribution in [0.1, 0.15) is 39.5 Å². The lowest BCUT2D eigenvalue weighted by molar-refractivity contribution is 0.00819. The van der Waals surface area contributed by atoms with Crippen LogP contribution in [0.25, 0.3) is 10.8 Å². The monoisotopic (exact) mass is 343 g/mol. The lowest BCUT2D eigenvalue weighted by Gasteiger charge is -2.10. The smallest absolute Gasteiger partial charge is 0.174 e. The van der Waals surface area contributed by atoms with Gasteiger partial charge in [-0.25, -0.2) is 0 Å². The molecule has 0 amide bonds. The molecule has 0 unspecified atom stereocenters. The molecule has 0 N–H and O–H groups in total. The molecule has 2 rings (SSSR count). The van der Waals surface area contributed by atoms with E-state index >= 15 is 0 Å². The fourth-order valence-corrected chi connectivity index (χ4v) is 5.09. The number of alkyl halides is 3. The third kappa shape index (κ3) is 7.30. The lowest BCUT2D eigenvalue weighted by Crippen LogP contribution is -2.13. The second-order valence-electron chi connectivity index (χ2n) is 5.33. The van der Waals surface area contributed by atoms with Gasteiger partial charge in [-0.05, 0) is 30.4 Å². The molecule has 0 spiro atoms. The summed E-state index contributed by atoms with van der Waals surface area (Å²) in [5.41, 5.74) is 0. The molecule has 0 aliphatic carbocycles. The Morgan fingerprint density at radius 2 is 1.35 bits per heavy atom. The Bertz CT molecular complexity index is 541. The van der Waals surface area contributed by atoms with Crippen LogP contribution in [0.15, 0.2) is 47.4 Å². The highest BCUT2D eigenvalue weighted by Gasteiger charge is 2.22. The van der Waals surface area contributed by atoms with Gasteiger partial charge in [0, 0.05) is 16.3 Å². The van der Waals surface area contributed by atoms with Gasteiger partial charge < -0.3 is 0 Å². The highest BCUT2D eigenvalue weighted by atomic mass is 32.2. The summed E-state index contributed by atoms with van der Waals surface area (Å²) in [5.74, 6) is 2.73. The molecule has 0 bridgehead atoms. The Kier molecular flexibility index (Phi) is 9.85. The van der Waals surface area contributed by atoms with Crippen LogP contribution in [0, 0.1) is 0 Å². The first kappa shape index (κ1) is 19.9. The molecule has 0 aromatic heterocycles. The topological polar surface area (TPSA) is 0 Å². The van der Waals surface area contributed by atoms with Gasteiger partial charge in [0.15, 0.2) is 4.90 Å². The van der Waals surface area contributed by atoms with Crippen LogP contribution >= 0.6 is 0 Å². The Hall–Kier alpha value is -1.16. The maximum absolute atomic E-state index is 9.67. The maximum atomic E-state index is 9.67. The summed E-state index contributed by atoms with van der Waals surface area (Å²) in [6.45, 7) is 0.926. The first-order valence-electron chi connectivity index (χ1n) is 8.17. The van der Waals surface area contributed by atoms with E-state index in [1.165, 1.54) is 48.0 Å². The molecule has 0 aliphatic heterocycles. The molecule has 23 heavy (non-hydrogen) atoms.